The van der Waals surface area contributed by atoms with Crippen molar-refractivity contribution in [3.8, 4) is 0 Å². The minimum Gasteiger partial charge on any atom is -0.454 e. The number of nitrogens with zero attached hydrogens (tertiary/aromatic N) is 1. The van der Waals surface area contributed by atoms with Crippen molar-refractivity contribution in [3.05, 3.63) is 28.2 Å². The summed E-state index contributed by atoms with van der Waals surface area (Å²) in [6, 6.07) is 3.84. The normalized spacial score (nSPS) is 18.4. The van der Waals surface area contributed by atoms with Crippen molar-refractivity contribution in [2.24, 2.45) is 0 Å². The van der Waals surface area contributed by atoms with Gasteiger partial charge in [-0.1, -0.05) is 29.3 Å². The number of esters is 1. The molecule has 1 N–H and O–H groups in total. The van der Waals surface area contributed by atoms with Gasteiger partial charge in [0.1, 0.15) is 6.04 Å². The molecule has 1 atom stereocenters. The molecule has 1 aliphatic rings. The van der Waals surface area contributed by atoms with Crippen molar-refractivity contribution in [3.63, 3.8) is 0 Å². The Balaban J connectivity index is 1.93. The van der Waals surface area contributed by atoms with Crippen molar-refractivity contribution in [2.45, 2.75) is 18.9 Å². The molecule has 1 aromatic rings. The average Bonchev–Trinajstić information content (AvgIpc) is 2.98. The Hall–Kier alpha value is -1.35. The Morgan fingerprint density at radius 2 is 1.96 bits per heavy atom. The van der Waals surface area contributed by atoms with Gasteiger partial charge in [-0.25, -0.2) is 8.42 Å². The Labute approximate surface area is 149 Å². The maximum atomic E-state index is 12.0. The molecule has 0 bridgehead atoms. The number of halogens is 2. The zero-order valence-corrected chi connectivity index (χ0v) is 15.1. The van der Waals surface area contributed by atoms with Gasteiger partial charge in [0, 0.05) is 6.54 Å². The molecule has 132 valence electrons. The SMILES string of the molecule is CS(=O)(=O)N1CCCC1C(=O)OCC(=O)Nc1c(Cl)cccc1Cl. The predicted octanol–water partition coefficient (Wildman–Crippen LogP) is 1.90. The first-order valence-corrected chi connectivity index (χ1v) is 9.68. The lowest BCUT2D eigenvalue weighted by Gasteiger charge is -2.20. The van der Waals surface area contributed by atoms with Gasteiger partial charge in [0.2, 0.25) is 10.0 Å². The van der Waals surface area contributed by atoms with E-state index in [4.69, 9.17) is 27.9 Å². The topological polar surface area (TPSA) is 92.8 Å². The number of hydrogen-bond acceptors (Lipinski definition) is 5. The van der Waals surface area contributed by atoms with Crippen molar-refractivity contribution in [1.29, 1.82) is 0 Å². The quantitative estimate of drug-likeness (QED) is 0.769. The summed E-state index contributed by atoms with van der Waals surface area (Å²) in [5.74, 6) is -1.37. The van der Waals surface area contributed by atoms with Crippen molar-refractivity contribution in [2.75, 3.05) is 24.7 Å². The molecule has 0 aliphatic carbocycles. The summed E-state index contributed by atoms with van der Waals surface area (Å²) in [4.78, 5) is 23.9. The summed E-state index contributed by atoms with van der Waals surface area (Å²) in [6.45, 7) is -0.297. The number of nitrogens with one attached hydrogen (secondary N) is 1. The van der Waals surface area contributed by atoms with Crippen molar-refractivity contribution in [1.82, 2.24) is 4.31 Å². The van der Waals surface area contributed by atoms with Crippen LogP contribution in [0.3, 0.4) is 0 Å². The molecule has 1 heterocycles. The van der Waals surface area contributed by atoms with Crippen molar-refractivity contribution >= 4 is 50.8 Å². The number of para-hydroxylation sites is 1. The van der Waals surface area contributed by atoms with E-state index in [2.05, 4.69) is 5.32 Å². The lowest BCUT2D eigenvalue weighted by Crippen LogP contribution is -2.41. The number of hydrogen-bond donors (Lipinski definition) is 1. The van der Waals surface area contributed by atoms with Crippen LogP contribution in [0.5, 0.6) is 0 Å². The summed E-state index contributed by atoms with van der Waals surface area (Å²) >= 11 is 11.9. The fraction of sp³-hybridized carbons (Fsp3) is 0.429. The van der Waals surface area contributed by atoms with Gasteiger partial charge in [-0.15, -0.1) is 0 Å². The molecule has 1 amide bonds. The van der Waals surface area contributed by atoms with Crippen LogP contribution in [0.2, 0.25) is 10.0 Å². The maximum Gasteiger partial charge on any atom is 0.324 e. The Bertz CT molecular complexity index is 733. The maximum absolute atomic E-state index is 12.0. The van der Waals surface area contributed by atoms with Gasteiger partial charge in [0.05, 0.1) is 22.0 Å². The molecule has 1 saturated heterocycles. The highest BCUT2D eigenvalue weighted by Gasteiger charge is 2.37. The third kappa shape index (κ3) is 4.60. The third-order valence-electron chi connectivity index (χ3n) is 3.47. The first-order chi connectivity index (χ1) is 11.2. The van der Waals surface area contributed by atoms with E-state index in [-0.39, 0.29) is 22.3 Å². The van der Waals surface area contributed by atoms with Gasteiger partial charge in [0.15, 0.2) is 6.61 Å². The molecule has 10 heteroatoms. The first-order valence-electron chi connectivity index (χ1n) is 7.07. The van der Waals surface area contributed by atoms with E-state index in [1.165, 1.54) is 0 Å². The van der Waals surface area contributed by atoms with Gasteiger partial charge in [-0.2, -0.15) is 4.31 Å². The fourth-order valence-electron chi connectivity index (χ4n) is 2.40. The van der Waals surface area contributed by atoms with E-state index >= 15 is 0 Å². The number of amides is 1. The molecule has 1 aromatic carbocycles. The second-order valence-electron chi connectivity index (χ2n) is 5.28. The van der Waals surface area contributed by atoms with Crippen LogP contribution in [0.4, 0.5) is 5.69 Å². The highest BCUT2D eigenvalue weighted by atomic mass is 35.5. The smallest absolute Gasteiger partial charge is 0.324 e. The summed E-state index contributed by atoms with van der Waals surface area (Å²) < 4.78 is 29.2. The Morgan fingerprint density at radius 1 is 1.33 bits per heavy atom. The number of sulfonamides is 1. The zero-order valence-electron chi connectivity index (χ0n) is 12.8. The minimum atomic E-state index is -3.50. The summed E-state index contributed by atoms with van der Waals surface area (Å²) in [5, 5.41) is 2.96. The molecule has 0 aromatic heterocycles. The molecule has 2 rings (SSSR count). The summed E-state index contributed by atoms with van der Waals surface area (Å²) in [6.07, 6.45) is 1.96. The zero-order chi connectivity index (χ0) is 17.9. The molecule has 0 radical (unpaired) electrons. The van der Waals surface area contributed by atoms with E-state index in [9.17, 15) is 18.0 Å². The number of carbonyl (C=O) groups is 2. The number of benzene rings is 1. The van der Waals surface area contributed by atoms with Crippen LogP contribution in [-0.4, -0.2) is 50.0 Å². The molecule has 0 saturated carbocycles. The van der Waals surface area contributed by atoms with Crippen molar-refractivity contribution < 1.29 is 22.7 Å². The van der Waals surface area contributed by atoms with Crippen LogP contribution in [0.1, 0.15) is 12.8 Å². The molecule has 1 aliphatic heterocycles. The summed E-state index contributed by atoms with van der Waals surface area (Å²) in [7, 11) is -3.50. The molecular weight excluding hydrogens is 379 g/mol. The van der Waals surface area contributed by atoms with Crippen LogP contribution >= 0.6 is 23.2 Å². The van der Waals surface area contributed by atoms with Gasteiger partial charge in [-0.05, 0) is 25.0 Å². The van der Waals surface area contributed by atoms with Crippen LogP contribution in [-0.2, 0) is 24.3 Å². The second kappa shape index (κ2) is 7.69. The molecule has 24 heavy (non-hydrogen) atoms. The number of anilines is 1. The van der Waals surface area contributed by atoms with E-state index in [1.807, 2.05) is 0 Å². The number of rotatable bonds is 5. The standard InChI is InChI=1S/C14H16Cl2N2O5S/c1-24(21,22)18-7-3-6-11(18)14(20)23-8-12(19)17-13-9(15)4-2-5-10(13)16/h2,4-5,11H,3,6-8H2,1H3,(H,17,19). The van der Waals surface area contributed by atoms with Crippen LogP contribution in [0.15, 0.2) is 18.2 Å². The van der Waals surface area contributed by atoms with E-state index in [0.29, 0.717) is 12.8 Å². The number of carbonyl (C=O) groups excluding carboxylic acids is 2. The molecular formula is C14H16Cl2N2O5S. The second-order valence-corrected chi connectivity index (χ2v) is 8.03. The third-order valence-corrected chi connectivity index (χ3v) is 5.39. The Morgan fingerprint density at radius 3 is 2.54 bits per heavy atom. The van der Waals surface area contributed by atoms with E-state index in [1.54, 1.807) is 18.2 Å². The van der Waals surface area contributed by atoms with Gasteiger partial charge >= 0.3 is 5.97 Å². The minimum absolute atomic E-state index is 0.223. The highest BCUT2D eigenvalue weighted by Crippen LogP contribution is 2.29. The largest absolute Gasteiger partial charge is 0.454 e. The molecule has 1 fully saturated rings. The van der Waals surface area contributed by atoms with Gasteiger partial charge in [-0.3, -0.25) is 9.59 Å². The van der Waals surface area contributed by atoms with Gasteiger partial charge in [0.25, 0.3) is 5.91 Å². The molecule has 0 spiro atoms. The monoisotopic (exact) mass is 394 g/mol. The lowest BCUT2D eigenvalue weighted by atomic mass is 10.2. The van der Waals surface area contributed by atoms with E-state index in [0.717, 1.165) is 10.6 Å². The van der Waals surface area contributed by atoms with E-state index < -0.39 is 34.5 Å². The average molecular weight is 395 g/mol. The fourth-order valence-corrected chi connectivity index (χ4v) is 4.00. The lowest BCUT2D eigenvalue weighted by molar-refractivity contribution is -0.150. The van der Waals surface area contributed by atoms with Gasteiger partial charge < -0.3 is 10.1 Å². The Kier molecular flexibility index (Phi) is 6.08. The highest BCUT2D eigenvalue weighted by molar-refractivity contribution is 7.88. The van der Waals surface area contributed by atoms with Crippen LogP contribution in [0.25, 0.3) is 0 Å². The van der Waals surface area contributed by atoms with Crippen LogP contribution in [0, 0.1) is 0 Å². The molecule has 7 nitrogen and oxygen atoms in total. The summed E-state index contributed by atoms with van der Waals surface area (Å²) in [5.41, 5.74) is 0.223. The predicted molar refractivity (Wildman–Crippen MR) is 90.6 cm³/mol. The first kappa shape index (κ1) is 19.0. The van der Waals surface area contributed by atoms with Crippen LogP contribution < -0.4 is 5.32 Å². The number of ether oxygens (including phenoxy) is 1. The molecule has 1 unspecified atom stereocenters.